The number of H-pyrrole nitrogens is 2. The molecule has 2 aromatic carbocycles. The average Bonchev–Trinajstić information content (AvgIpc) is 3.35. The van der Waals surface area contributed by atoms with Crippen LogP contribution < -0.4 is 19.5 Å². The molecular formula is C21H19N5O4. The number of anilines is 1. The van der Waals surface area contributed by atoms with E-state index in [0.717, 1.165) is 10.9 Å². The topological polar surface area (TPSA) is 125 Å². The first-order chi connectivity index (χ1) is 14.5. The predicted octanol–water partition coefficient (Wildman–Crippen LogP) is 3.50. The largest absolute Gasteiger partial charge is 0.493 e. The average molecular weight is 405 g/mol. The summed E-state index contributed by atoms with van der Waals surface area (Å²) in [6.45, 7) is 1.83. The van der Waals surface area contributed by atoms with Gasteiger partial charge in [-0.3, -0.25) is 9.89 Å². The van der Waals surface area contributed by atoms with E-state index in [1.54, 1.807) is 18.2 Å². The van der Waals surface area contributed by atoms with E-state index in [-0.39, 0.29) is 5.91 Å². The van der Waals surface area contributed by atoms with E-state index in [2.05, 4.69) is 26.6 Å². The zero-order valence-electron chi connectivity index (χ0n) is 16.8. The normalized spacial score (nSPS) is 10.8. The van der Waals surface area contributed by atoms with E-state index in [1.807, 2.05) is 13.0 Å². The molecule has 4 rings (SSSR count). The maximum absolute atomic E-state index is 12.9. The third kappa shape index (κ3) is 2.95. The lowest BCUT2D eigenvalue weighted by Gasteiger charge is -2.12. The van der Waals surface area contributed by atoms with Crippen LogP contribution in [0.1, 0.15) is 21.6 Å². The van der Waals surface area contributed by atoms with Crippen molar-refractivity contribution in [2.45, 2.75) is 6.92 Å². The molecule has 0 radical (unpaired) electrons. The summed E-state index contributed by atoms with van der Waals surface area (Å²) in [6, 6.07) is 9.08. The van der Waals surface area contributed by atoms with Gasteiger partial charge >= 0.3 is 0 Å². The summed E-state index contributed by atoms with van der Waals surface area (Å²) in [4.78, 5) is 16.0. The number of hydrogen-bond donors (Lipinski definition) is 3. The van der Waals surface area contributed by atoms with Gasteiger partial charge in [-0.1, -0.05) is 0 Å². The van der Waals surface area contributed by atoms with Crippen molar-refractivity contribution in [1.29, 1.82) is 5.26 Å². The Morgan fingerprint density at radius 3 is 2.47 bits per heavy atom. The van der Waals surface area contributed by atoms with Crippen molar-refractivity contribution < 1.29 is 19.0 Å². The number of aromatic nitrogens is 3. The van der Waals surface area contributed by atoms with Gasteiger partial charge in [0.15, 0.2) is 17.3 Å². The van der Waals surface area contributed by atoms with Crippen LogP contribution in [-0.2, 0) is 0 Å². The fraction of sp³-hybridized carbons (Fsp3) is 0.190. The number of nitriles is 1. The van der Waals surface area contributed by atoms with Gasteiger partial charge in [0.05, 0.1) is 44.0 Å². The highest BCUT2D eigenvalue weighted by Gasteiger charge is 2.20. The lowest BCUT2D eigenvalue weighted by molar-refractivity contribution is 0.102. The summed E-state index contributed by atoms with van der Waals surface area (Å²) in [5, 5.41) is 20.4. The number of benzene rings is 2. The number of aryl methyl sites for hydroxylation is 1. The van der Waals surface area contributed by atoms with E-state index in [9.17, 15) is 10.1 Å². The first kappa shape index (κ1) is 19.1. The number of ether oxygens (including phenoxy) is 3. The Balaban J connectivity index is 1.73. The van der Waals surface area contributed by atoms with Crippen LogP contribution >= 0.6 is 0 Å². The Bertz CT molecular complexity index is 1330. The van der Waals surface area contributed by atoms with Crippen molar-refractivity contribution in [2.24, 2.45) is 0 Å². The number of nitrogens with one attached hydrogen (secondary N) is 3. The summed E-state index contributed by atoms with van der Waals surface area (Å²) in [6.07, 6.45) is 0. The Labute approximate surface area is 171 Å². The van der Waals surface area contributed by atoms with E-state index in [0.29, 0.717) is 50.7 Å². The maximum atomic E-state index is 12.9. The minimum atomic E-state index is -0.374. The van der Waals surface area contributed by atoms with E-state index in [1.165, 1.54) is 21.3 Å². The molecular weight excluding hydrogens is 386 g/mol. The second-order valence-corrected chi connectivity index (χ2v) is 6.64. The van der Waals surface area contributed by atoms with Crippen LogP contribution in [0, 0.1) is 18.3 Å². The second kappa shape index (κ2) is 7.33. The Morgan fingerprint density at radius 1 is 1.03 bits per heavy atom. The molecule has 0 unspecified atom stereocenters. The number of fused-ring (bicyclic) bond motifs is 2. The molecule has 0 aliphatic rings. The number of rotatable bonds is 5. The van der Waals surface area contributed by atoms with Crippen LogP contribution in [0.5, 0.6) is 17.2 Å². The van der Waals surface area contributed by atoms with Crippen molar-refractivity contribution in [3.8, 4) is 23.3 Å². The lowest BCUT2D eigenvalue weighted by atomic mass is 10.1. The minimum Gasteiger partial charge on any atom is -0.493 e. The van der Waals surface area contributed by atoms with E-state index < -0.39 is 0 Å². The second-order valence-electron chi connectivity index (χ2n) is 6.64. The third-order valence-electron chi connectivity index (χ3n) is 4.93. The van der Waals surface area contributed by atoms with E-state index in [4.69, 9.17) is 14.2 Å². The zero-order chi connectivity index (χ0) is 21.4. The molecule has 0 spiro atoms. The summed E-state index contributed by atoms with van der Waals surface area (Å²) in [5.41, 5.74) is 3.00. The van der Waals surface area contributed by atoms with Crippen molar-refractivity contribution in [1.82, 2.24) is 15.2 Å². The van der Waals surface area contributed by atoms with Crippen LogP contribution in [0.15, 0.2) is 24.3 Å². The SMILES string of the molecule is COc1cc2[nH]c(C(=O)Nc3n[nH]c4cc(C#N)c(C)cc34)cc2c(OC)c1OC. The summed E-state index contributed by atoms with van der Waals surface area (Å²) >= 11 is 0. The fourth-order valence-electron chi connectivity index (χ4n) is 3.44. The molecule has 152 valence electrons. The molecule has 30 heavy (non-hydrogen) atoms. The lowest BCUT2D eigenvalue weighted by Crippen LogP contribution is -2.12. The Morgan fingerprint density at radius 2 is 1.80 bits per heavy atom. The molecule has 9 nitrogen and oxygen atoms in total. The third-order valence-corrected chi connectivity index (χ3v) is 4.93. The molecule has 0 aliphatic heterocycles. The zero-order valence-corrected chi connectivity index (χ0v) is 16.8. The molecule has 1 amide bonds. The number of methoxy groups -OCH3 is 3. The molecule has 0 bridgehead atoms. The van der Waals surface area contributed by atoms with Crippen molar-refractivity contribution >= 4 is 33.5 Å². The first-order valence-electron chi connectivity index (χ1n) is 9.02. The van der Waals surface area contributed by atoms with Gasteiger partial charge in [-0.05, 0) is 30.7 Å². The van der Waals surface area contributed by atoms with Crippen molar-refractivity contribution in [3.63, 3.8) is 0 Å². The standard InChI is InChI=1S/C21H19N5O4/c1-10-5-13-15(6-11(10)9-22)25-26-20(13)24-21(27)16-7-12-14(23-16)8-17(28-2)19(30-4)18(12)29-3/h5-8,23H,1-4H3,(H2,24,25,26,27). The summed E-state index contributed by atoms with van der Waals surface area (Å²) in [5.74, 6) is 1.40. The molecule has 9 heteroatoms. The molecule has 4 aromatic rings. The van der Waals surface area contributed by atoms with Crippen LogP contribution in [0.2, 0.25) is 0 Å². The molecule has 2 aromatic heterocycles. The van der Waals surface area contributed by atoms with Gasteiger partial charge in [-0.2, -0.15) is 10.4 Å². The number of carbonyl (C=O) groups excluding carboxylic acids is 1. The molecule has 0 atom stereocenters. The monoisotopic (exact) mass is 405 g/mol. The molecule has 0 aliphatic carbocycles. The van der Waals surface area contributed by atoms with E-state index >= 15 is 0 Å². The van der Waals surface area contributed by atoms with Gasteiger partial charge < -0.3 is 24.5 Å². The van der Waals surface area contributed by atoms with Crippen LogP contribution in [-0.4, -0.2) is 42.4 Å². The Hall–Kier alpha value is -4.19. The molecule has 3 N–H and O–H groups in total. The van der Waals surface area contributed by atoms with Gasteiger partial charge in [0, 0.05) is 16.8 Å². The van der Waals surface area contributed by atoms with Gasteiger partial charge in [-0.15, -0.1) is 0 Å². The van der Waals surface area contributed by atoms with Crippen molar-refractivity contribution in [2.75, 3.05) is 26.6 Å². The van der Waals surface area contributed by atoms with Gasteiger partial charge in [0.25, 0.3) is 5.91 Å². The molecule has 0 fully saturated rings. The predicted molar refractivity (Wildman–Crippen MR) is 111 cm³/mol. The minimum absolute atomic E-state index is 0.320. The fourth-order valence-corrected chi connectivity index (χ4v) is 3.44. The first-order valence-corrected chi connectivity index (χ1v) is 9.02. The van der Waals surface area contributed by atoms with Gasteiger partial charge in [0.1, 0.15) is 5.69 Å². The van der Waals surface area contributed by atoms with Crippen LogP contribution in [0.25, 0.3) is 21.8 Å². The molecule has 2 heterocycles. The number of hydrogen-bond acceptors (Lipinski definition) is 6. The highest BCUT2D eigenvalue weighted by Crippen LogP contribution is 2.43. The summed E-state index contributed by atoms with van der Waals surface area (Å²) in [7, 11) is 4.58. The number of amides is 1. The molecule has 0 saturated carbocycles. The van der Waals surface area contributed by atoms with Crippen LogP contribution in [0.4, 0.5) is 5.82 Å². The number of carbonyl (C=O) groups is 1. The van der Waals surface area contributed by atoms with Gasteiger partial charge in [-0.25, -0.2) is 0 Å². The summed E-state index contributed by atoms with van der Waals surface area (Å²) < 4.78 is 16.2. The Kier molecular flexibility index (Phi) is 4.68. The van der Waals surface area contributed by atoms with Crippen LogP contribution in [0.3, 0.4) is 0 Å². The number of aromatic amines is 2. The highest BCUT2D eigenvalue weighted by atomic mass is 16.5. The maximum Gasteiger partial charge on any atom is 0.273 e. The van der Waals surface area contributed by atoms with Crippen molar-refractivity contribution in [3.05, 3.63) is 41.1 Å². The number of nitrogens with zero attached hydrogens (tertiary/aromatic N) is 2. The van der Waals surface area contributed by atoms with Gasteiger partial charge in [0.2, 0.25) is 5.75 Å². The smallest absolute Gasteiger partial charge is 0.273 e. The molecule has 0 saturated heterocycles. The highest BCUT2D eigenvalue weighted by molar-refractivity contribution is 6.10. The quantitative estimate of drug-likeness (QED) is 0.467.